The number of benzene rings is 1. The van der Waals surface area contributed by atoms with Gasteiger partial charge in [0, 0.05) is 0 Å². The van der Waals surface area contributed by atoms with Gasteiger partial charge in [0.05, 0.1) is 12.6 Å². The molecule has 0 aliphatic rings. The Bertz CT molecular complexity index is 721. The highest BCUT2D eigenvalue weighted by atomic mass is 28.4. The van der Waals surface area contributed by atoms with Crippen LogP contribution in [-0.2, 0) is 14.0 Å². The molecule has 0 aromatic heterocycles. The van der Waals surface area contributed by atoms with Crippen LogP contribution < -0.4 is 10.6 Å². The minimum absolute atomic E-state index is 0.0665. The summed E-state index contributed by atoms with van der Waals surface area (Å²) in [6.45, 7) is 20.5. The summed E-state index contributed by atoms with van der Waals surface area (Å²) < 4.78 is 11.7. The number of rotatable bonds is 8. The first kappa shape index (κ1) is 27.2. The SMILES string of the molecule is CC(C)[C@H](NC(=O)OC(C)(C)C)C(=O)N[C@@H](CO[Si](C)(C)C(C)(C)C)c1ccccc1. The van der Waals surface area contributed by atoms with E-state index in [2.05, 4.69) is 44.5 Å². The van der Waals surface area contributed by atoms with E-state index in [4.69, 9.17) is 9.16 Å². The first-order valence-corrected chi connectivity index (χ1v) is 13.9. The molecule has 1 aromatic carbocycles. The molecule has 0 saturated heterocycles. The van der Waals surface area contributed by atoms with Crippen LogP contribution in [0.1, 0.15) is 67.0 Å². The van der Waals surface area contributed by atoms with Crippen LogP contribution >= 0.6 is 0 Å². The normalized spacial score (nSPS) is 14.7. The molecule has 0 unspecified atom stereocenters. The average Bonchev–Trinajstić information content (AvgIpc) is 2.61. The third-order valence-corrected chi connectivity index (χ3v) is 10.1. The second-order valence-corrected chi connectivity index (χ2v) is 15.7. The molecular formula is C24H42N2O4Si. The van der Waals surface area contributed by atoms with Gasteiger partial charge >= 0.3 is 6.09 Å². The number of carbonyl (C=O) groups is 2. The summed E-state index contributed by atoms with van der Waals surface area (Å²) in [7, 11) is -1.99. The molecule has 2 N–H and O–H groups in total. The number of nitrogens with one attached hydrogen (secondary N) is 2. The van der Waals surface area contributed by atoms with Gasteiger partial charge in [-0.05, 0) is 50.4 Å². The number of alkyl carbamates (subject to hydrolysis) is 1. The van der Waals surface area contributed by atoms with Gasteiger partial charge in [-0.25, -0.2) is 4.79 Å². The van der Waals surface area contributed by atoms with Crippen molar-refractivity contribution in [3.05, 3.63) is 35.9 Å². The third-order valence-electron chi connectivity index (χ3n) is 5.56. The van der Waals surface area contributed by atoms with Crippen molar-refractivity contribution < 1.29 is 18.8 Å². The van der Waals surface area contributed by atoms with E-state index in [1.54, 1.807) is 20.8 Å². The monoisotopic (exact) mass is 450 g/mol. The van der Waals surface area contributed by atoms with Crippen LogP contribution in [0, 0.1) is 5.92 Å². The van der Waals surface area contributed by atoms with E-state index in [0.717, 1.165) is 5.56 Å². The van der Waals surface area contributed by atoms with Gasteiger partial charge in [-0.2, -0.15) is 0 Å². The van der Waals surface area contributed by atoms with E-state index in [1.165, 1.54) is 0 Å². The smallest absolute Gasteiger partial charge is 0.408 e. The van der Waals surface area contributed by atoms with Crippen molar-refractivity contribution in [1.82, 2.24) is 10.6 Å². The minimum Gasteiger partial charge on any atom is -0.444 e. The maximum absolute atomic E-state index is 13.2. The van der Waals surface area contributed by atoms with Crippen LogP contribution in [0.3, 0.4) is 0 Å². The van der Waals surface area contributed by atoms with Gasteiger partial charge in [-0.3, -0.25) is 4.79 Å². The number of hydrogen-bond acceptors (Lipinski definition) is 4. The second kappa shape index (κ2) is 10.6. The molecule has 0 aliphatic carbocycles. The number of hydrogen-bond donors (Lipinski definition) is 2. The zero-order chi connectivity index (χ0) is 24.0. The Hall–Kier alpha value is -1.86. The van der Waals surface area contributed by atoms with Gasteiger partial charge in [0.1, 0.15) is 11.6 Å². The summed E-state index contributed by atoms with van der Waals surface area (Å²) in [4.78, 5) is 25.4. The summed E-state index contributed by atoms with van der Waals surface area (Å²) in [5.74, 6) is -0.362. The standard InChI is InChI=1S/C24H42N2O4Si/c1-17(2)20(26-22(28)30-23(3,4)5)21(27)25-19(18-14-12-11-13-15-18)16-29-31(9,10)24(6,7)8/h11-15,17,19-20H,16H2,1-10H3,(H,25,27)(H,26,28)/t19-,20-/m0/s1. The fourth-order valence-electron chi connectivity index (χ4n) is 2.65. The van der Waals surface area contributed by atoms with Crippen molar-refractivity contribution in [3.63, 3.8) is 0 Å². The molecule has 176 valence electrons. The molecular weight excluding hydrogens is 408 g/mol. The topological polar surface area (TPSA) is 76.7 Å². The first-order valence-electron chi connectivity index (χ1n) is 11.0. The predicted octanol–water partition coefficient (Wildman–Crippen LogP) is 5.42. The third kappa shape index (κ3) is 9.03. The molecule has 6 nitrogen and oxygen atoms in total. The van der Waals surface area contributed by atoms with Crippen molar-refractivity contribution in [3.8, 4) is 0 Å². The highest BCUT2D eigenvalue weighted by Crippen LogP contribution is 2.37. The predicted molar refractivity (Wildman–Crippen MR) is 128 cm³/mol. The summed E-state index contributed by atoms with van der Waals surface area (Å²) in [5.41, 5.74) is 0.334. The van der Waals surface area contributed by atoms with Crippen LogP contribution in [0.2, 0.25) is 18.1 Å². The van der Waals surface area contributed by atoms with Crippen molar-refractivity contribution in [1.29, 1.82) is 0 Å². The van der Waals surface area contributed by atoms with E-state index < -0.39 is 26.1 Å². The van der Waals surface area contributed by atoms with E-state index in [-0.39, 0.29) is 22.9 Å². The quantitative estimate of drug-likeness (QED) is 0.519. The molecule has 0 saturated carbocycles. The molecule has 2 amide bonds. The molecule has 31 heavy (non-hydrogen) atoms. The molecule has 0 heterocycles. The lowest BCUT2D eigenvalue weighted by molar-refractivity contribution is -0.125. The molecule has 0 fully saturated rings. The fourth-order valence-corrected chi connectivity index (χ4v) is 3.66. The van der Waals surface area contributed by atoms with E-state index in [0.29, 0.717) is 6.61 Å². The molecule has 7 heteroatoms. The fraction of sp³-hybridized carbons (Fsp3) is 0.667. The highest BCUT2D eigenvalue weighted by molar-refractivity contribution is 6.74. The minimum atomic E-state index is -1.99. The largest absolute Gasteiger partial charge is 0.444 e. The molecule has 1 aromatic rings. The lowest BCUT2D eigenvalue weighted by Crippen LogP contribution is -2.52. The van der Waals surface area contributed by atoms with Crippen LogP contribution in [0.25, 0.3) is 0 Å². The number of ether oxygens (including phenoxy) is 1. The molecule has 2 atom stereocenters. The summed E-state index contributed by atoms with van der Waals surface area (Å²) in [6.07, 6.45) is -0.602. The molecule has 0 spiro atoms. The van der Waals surface area contributed by atoms with Gasteiger partial charge in [-0.1, -0.05) is 65.0 Å². The Morgan fingerprint density at radius 3 is 1.97 bits per heavy atom. The molecule has 0 aliphatic heterocycles. The molecule has 0 bridgehead atoms. The van der Waals surface area contributed by atoms with Gasteiger partial charge in [0.25, 0.3) is 0 Å². The van der Waals surface area contributed by atoms with Crippen molar-refractivity contribution in [2.75, 3.05) is 6.61 Å². The number of amides is 2. The molecule has 0 radical (unpaired) electrons. The Morgan fingerprint density at radius 2 is 1.52 bits per heavy atom. The summed E-state index contributed by atoms with van der Waals surface area (Å²) in [5, 5.41) is 5.88. The zero-order valence-corrected chi connectivity index (χ0v) is 22.0. The molecule has 1 rings (SSSR count). The Labute approximate surface area is 189 Å². The second-order valence-electron chi connectivity index (χ2n) is 10.9. The van der Waals surface area contributed by atoms with Crippen LogP contribution in [0.15, 0.2) is 30.3 Å². The zero-order valence-electron chi connectivity index (χ0n) is 21.0. The van der Waals surface area contributed by atoms with Crippen molar-refractivity contribution in [2.24, 2.45) is 5.92 Å². The van der Waals surface area contributed by atoms with Gasteiger partial charge in [-0.15, -0.1) is 0 Å². The lowest BCUT2D eigenvalue weighted by atomic mass is 10.0. The Balaban J connectivity index is 3.00. The lowest BCUT2D eigenvalue weighted by Gasteiger charge is -2.37. The van der Waals surface area contributed by atoms with Crippen molar-refractivity contribution in [2.45, 2.75) is 91.2 Å². The van der Waals surface area contributed by atoms with E-state index >= 15 is 0 Å². The van der Waals surface area contributed by atoms with Gasteiger partial charge in [0.15, 0.2) is 8.32 Å². The van der Waals surface area contributed by atoms with E-state index in [1.807, 2.05) is 44.2 Å². The van der Waals surface area contributed by atoms with Gasteiger partial charge < -0.3 is 19.8 Å². The average molecular weight is 451 g/mol. The highest BCUT2D eigenvalue weighted by Gasteiger charge is 2.38. The van der Waals surface area contributed by atoms with Gasteiger partial charge in [0.2, 0.25) is 5.91 Å². The number of carbonyl (C=O) groups excluding carboxylic acids is 2. The van der Waals surface area contributed by atoms with Crippen LogP contribution in [0.5, 0.6) is 0 Å². The van der Waals surface area contributed by atoms with Crippen LogP contribution in [0.4, 0.5) is 4.79 Å². The first-order chi connectivity index (χ1) is 14.0. The van der Waals surface area contributed by atoms with Crippen molar-refractivity contribution >= 4 is 20.3 Å². The summed E-state index contributed by atoms with van der Waals surface area (Å²) >= 11 is 0. The maximum atomic E-state index is 13.2. The Morgan fingerprint density at radius 1 is 0.968 bits per heavy atom. The summed E-state index contributed by atoms with van der Waals surface area (Å²) in [6, 6.07) is 8.76. The van der Waals surface area contributed by atoms with Crippen LogP contribution in [-0.4, -0.2) is 38.6 Å². The Kier molecular flexibility index (Phi) is 9.32. The maximum Gasteiger partial charge on any atom is 0.408 e. The van der Waals surface area contributed by atoms with E-state index in [9.17, 15) is 9.59 Å².